The number of nitrogens with zero attached hydrogens (tertiary/aromatic N) is 2. The lowest BCUT2D eigenvalue weighted by atomic mass is 10.1. The van der Waals surface area contributed by atoms with Crippen LogP contribution in [0.3, 0.4) is 0 Å². The Hall–Kier alpha value is -1.59. The lowest BCUT2D eigenvalue weighted by Crippen LogP contribution is -2.61. The number of amides is 1. The van der Waals surface area contributed by atoms with Crippen LogP contribution in [0.25, 0.3) is 0 Å². The van der Waals surface area contributed by atoms with Crippen LogP contribution in [-0.2, 0) is 16.0 Å². The third-order valence-corrected chi connectivity index (χ3v) is 4.93. The van der Waals surface area contributed by atoms with Crippen LogP contribution in [-0.4, -0.2) is 67.2 Å². The summed E-state index contributed by atoms with van der Waals surface area (Å²) < 4.78 is 11.4. The molecule has 2 aliphatic heterocycles. The van der Waals surface area contributed by atoms with E-state index in [-0.39, 0.29) is 18.1 Å². The molecule has 0 saturated carbocycles. The van der Waals surface area contributed by atoms with Gasteiger partial charge in [-0.1, -0.05) is 26.0 Å². The van der Waals surface area contributed by atoms with Crippen LogP contribution in [0.15, 0.2) is 24.3 Å². The number of hydrogen-bond acceptors (Lipinski definition) is 4. The molecular formula is C19H28N2O3. The molecule has 0 aromatic heterocycles. The number of hydrogen-bond donors (Lipinski definition) is 0. The van der Waals surface area contributed by atoms with Gasteiger partial charge in [-0.25, -0.2) is 0 Å². The summed E-state index contributed by atoms with van der Waals surface area (Å²) in [6.07, 6.45) is 1.96. The Morgan fingerprint density at radius 1 is 1.29 bits per heavy atom. The molecule has 2 fully saturated rings. The molecule has 132 valence electrons. The fourth-order valence-corrected chi connectivity index (χ4v) is 3.41. The molecule has 0 spiro atoms. The molecular weight excluding hydrogens is 304 g/mol. The van der Waals surface area contributed by atoms with Gasteiger partial charge in [0.25, 0.3) is 0 Å². The lowest BCUT2D eigenvalue weighted by Gasteiger charge is -2.43. The molecule has 2 heterocycles. The minimum Gasteiger partial charge on any atom is -0.487 e. The first-order valence-corrected chi connectivity index (χ1v) is 9.07. The van der Waals surface area contributed by atoms with Gasteiger partial charge < -0.3 is 14.4 Å². The van der Waals surface area contributed by atoms with E-state index < -0.39 is 0 Å². The van der Waals surface area contributed by atoms with Crippen molar-refractivity contribution in [2.24, 2.45) is 0 Å². The fraction of sp³-hybridized carbons (Fsp3) is 0.632. The molecule has 0 bridgehead atoms. The Morgan fingerprint density at radius 3 is 2.71 bits per heavy atom. The molecule has 5 heteroatoms. The molecule has 3 rings (SSSR count). The predicted molar refractivity (Wildman–Crippen MR) is 93.3 cm³/mol. The van der Waals surface area contributed by atoms with E-state index in [9.17, 15) is 4.79 Å². The topological polar surface area (TPSA) is 42.0 Å². The largest absolute Gasteiger partial charge is 0.487 e. The summed E-state index contributed by atoms with van der Waals surface area (Å²) in [5.74, 6) is 1.15. The first-order valence-electron chi connectivity index (χ1n) is 9.07. The van der Waals surface area contributed by atoms with E-state index in [0.717, 1.165) is 44.9 Å². The molecule has 2 saturated heterocycles. The Kier molecular flexibility index (Phi) is 5.74. The van der Waals surface area contributed by atoms with Gasteiger partial charge in [-0.3, -0.25) is 9.69 Å². The van der Waals surface area contributed by atoms with Crippen molar-refractivity contribution in [1.29, 1.82) is 0 Å². The lowest BCUT2D eigenvalue weighted by molar-refractivity contribution is -0.147. The quantitative estimate of drug-likeness (QED) is 0.798. The maximum absolute atomic E-state index is 12.7. The highest BCUT2D eigenvalue weighted by Crippen LogP contribution is 2.22. The van der Waals surface area contributed by atoms with Gasteiger partial charge in [0.05, 0.1) is 32.3 Å². The van der Waals surface area contributed by atoms with E-state index in [4.69, 9.17) is 9.47 Å². The third kappa shape index (κ3) is 3.90. The molecule has 1 aromatic rings. The fourth-order valence-electron chi connectivity index (χ4n) is 3.41. The number of likely N-dealkylation sites (tertiary alicyclic amines) is 1. The number of carbonyl (C=O) groups excluding carboxylic acids is 1. The standard InChI is InChI=1S/C19H28N2O3/c1-3-15-6-5-7-16(12-15)24-17-13-21(14-17)19(22)18(4-2)20-8-10-23-11-9-20/h5-7,12,17-18H,3-4,8-11,13-14H2,1-2H3/t18-/m1/s1. The van der Waals surface area contributed by atoms with E-state index in [1.165, 1.54) is 5.56 Å². The van der Waals surface area contributed by atoms with Crippen molar-refractivity contribution >= 4 is 5.91 Å². The number of benzene rings is 1. The summed E-state index contributed by atoms with van der Waals surface area (Å²) in [7, 11) is 0. The Balaban J connectivity index is 1.50. The van der Waals surface area contributed by atoms with Crippen molar-refractivity contribution in [3.63, 3.8) is 0 Å². The zero-order chi connectivity index (χ0) is 16.9. The van der Waals surface area contributed by atoms with Crippen LogP contribution < -0.4 is 4.74 Å². The summed E-state index contributed by atoms with van der Waals surface area (Å²) in [5, 5.41) is 0. The van der Waals surface area contributed by atoms with Crippen molar-refractivity contribution < 1.29 is 14.3 Å². The Labute approximate surface area is 144 Å². The molecule has 0 unspecified atom stereocenters. The van der Waals surface area contributed by atoms with Crippen molar-refractivity contribution in [2.75, 3.05) is 39.4 Å². The van der Waals surface area contributed by atoms with E-state index in [0.29, 0.717) is 13.1 Å². The molecule has 24 heavy (non-hydrogen) atoms. The summed E-state index contributed by atoms with van der Waals surface area (Å²) in [4.78, 5) is 16.9. The van der Waals surface area contributed by atoms with Crippen LogP contribution >= 0.6 is 0 Å². The van der Waals surface area contributed by atoms with Gasteiger partial charge in [0, 0.05) is 13.1 Å². The highest BCUT2D eigenvalue weighted by atomic mass is 16.5. The van der Waals surface area contributed by atoms with Gasteiger partial charge in [0.2, 0.25) is 5.91 Å². The summed E-state index contributed by atoms with van der Waals surface area (Å²) in [6.45, 7) is 8.75. The molecule has 1 atom stereocenters. The van der Waals surface area contributed by atoms with E-state index in [1.807, 2.05) is 17.0 Å². The average molecular weight is 332 g/mol. The van der Waals surface area contributed by atoms with E-state index >= 15 is 0 Å². The zero-order valence-corrected chi connectivity index (χ0v) is 14.7. The maximum Gasteiger partial charge on any atom is 0.240 e. The van der Waals surface area contributed by atoms with Gasteiger partial charge in [-0.15, -0.1) is 0 Å². The Bertz CT molecular complexity index is 551. The van der Waals surface area contributed by atoms with Crippen LogP contribution in [0, 0.1) is 0 Å². The molecule has 2 aliphatic rings. The second-order valence-corrected chi connectivity index (χ2v) is 6.56. The number of rotatable bonds is 6. The number of carbonyl (C=O) groups is 1. The van der Waals surface area contributed by atoms with E-state index in [1.54, 1.807) is 0 Å². The van der Waals surface area contributed by atoms with Crippen LogP contribution in [0.4, 0.5) is 0 Å². The van der Waals surface area contributed by atoms with Crippen LogP contribution in [0.2, 0.25) is 0 Å². The molecule has 0 radical (unpaired) electrons. The number of aryl methyl sites for hydroxylation is 1. The Morgan fingerprint density at radius 2 is 2.04 bits per heavy atom. The number of ether oxygens (including phenoxy) is 2. The third-order valence-electron chi connectivity index (χ3n) is 4.93. The summed E-state index contributed by atoms with van der Waals surface area (Å²) in [5.41, 5.74) is 1.28. The van der Waals surface area contributed by atoms with Gasteiger partial charge in [0.1, 0.15) is 11.9 Å². The monoisotopic (exact) mass is 332 g/mol. The molecule has 0 aliphatic carbocycles. The molecule has 1 amide bonds. The second kappa shape index (κ2) is 7.99. The van der Waals surface area contributed by atoms with Crippen LogP contribution in [0.5, 0.6) is 5.75 Å². The first kappa shape index (κ1) is 17.2. The first-order chi connectivity index (χ1) is 11.7. The maximum atomic E-state index is 12.7. The van der Waals surface area contributed by atoms with Crippen molar-refractivity contribution in [1.82, 2.24) is 9.80 Å². The SMILES string of the molecule is CCc1cccc(OC2CN(C(=O)[C@@H](CC)N3CCOCC3)C2)c1. The molecule has 0 N–H and O–H groups in total. The molecule has 5 nitrogen and oxygen atoms in total. The smallest absolute Gasteiger partial charge is 0.240 e. The minimum atomic E-state index is -0.0155. The van der Waals surface area contributed by atoms with Crippen LogP contribution in [0.1, 0.15) is 25.8 Å². The van der Waals surface area contributed by atoms with Crippen molar-refractivity contribution in [3.8, 4) is 5.75 Å². The highest BCUT2D eigenvalue weighted by Gasteiger charge is 2.37. The highest BCUT2D eigenvalue weighted by molar-refractivity contribution is 5.82. The summed E-state index contributed by atoms with van der Waals surface area (Å²) in [6, 6.07) is 8.20. The minimum absolute atomic E-state index is 0.0155. The van der Waals surface area contributed by atoms with Gasteiger partial charge in [-0.05, 0) is 30.5 Å². The van der Waals surface area contributed by atoms with Gasteiger partial charge >= 0.3 is 0 Å². The normalized spacial score (nSPS) is 20.5. The van der Waals surface area contributed by atoms with Crippen molar-refractivity contribution in [2.45, 2.75) is 38.8 Å². The zero-order valence-electron chi connectivity index (χ0n) is 14.7. The summed E-state index contributed by atoms with van der Waals surface area (Å²) >= 11 is 0. The van der Waals surface area contributed by atoms with Crippen molar-refractivity contribution in [3.05, 3.63) is 29.8 Å². The predicted octanol–water partition coefficient (Wildman–Crippen LogP) is 1.95. The molecule has 1 aromatic carbocycles. The van der Waals surface area contributed by atoms with E-state index in [2.05, 4.69) is 30.9 Å². The average Bonchev–Trinajstić information content (AvgIpc) is 2.59. The van der Waals surface area contributed by atoms with Gasteiger partial charge in [-0.2, -0.15) is 0 Å². The second-order valence-electron chi connectivity index (χ2n) is 6.56. The number of morpholine rings is 1. The van der Waals surface area contributed by atoms with Gasteiger partial charge in [0.15, 0.2) is 0 Å².